The van der Waals surface area contributed by atoms with E-state index in [9.17, 15) is 5.11 Å². The number of nitrogens with zero attached hydrogens (tertiary/aromatic N) is 1. The van der Waals surface area contributed by atoms with Gasteiger partial charge in [-0.1, -0.05) is 27.7 Å². The molecule has 0 rings (SSSR count). The van der Waals surface area contributed by atoms with Crippen LogP contribution in [0.15, 0.2) is 0 Å². The molecule has 1 N–H and O–H groups in total. The summed E-state index contributed by atoms with van der Waals surface area (Å²) in [6, 6.07) is 0.719. The Kier molecular flexibility index (Phi) is 8.96. The maximum absolute atomic E-state index is 9.28. The topological polar surface area (TPSA) is 23.5 Å². The second-order valence-corrected chi connectivity index (χ2v) is 5.35. The van der Waals surface area contributed by atoms with Crippen LogP contribution < -0.4 is 0 Å². The lowest BCUT2D eigenvalue weighted by Crippen LogP contribution is -2.38. The Labute approximate surface area is 102 Å². The molecule has 0 radical (unpaired) electrons. The summed E-state index contributed by atoms with van der Waals surface area (Å²) in [5.41, 5.74) is 0. The molecular formula is C14H31NO. The van der Waals surface area contributed by atoms with Crippen molar-refractivity contribution in [3.05, 3.63) is 0 Å². The number of hydrogen-bond acceptors (Lipinski definition) is 2. The van der Waals surface area contributed by atoms with Gasteiger partial charge in [-0.2, -0.15) is 0 Å². The largest absolute Gasteiger partial charge is 0.393 e. The molecule has 98 valence electrons. The van der Waals surface area contributed by atoms with Crippen molar-refractivity contribution in [2.75, 3.05) is 13.1 Å². The monoisotopic (exact) mass is 229 g/mol. The fourth-order valence-electron chi connectivity index (χ4n) is 2.29. The van der Waals surface area contributed by atoms with E-state index in [-0.39, 0.29) is 6.10 Å². The van der Waals surface area contributed by atoms with Gasteiger partial charge in [-0.25, -0.2) is 0 Å². The maximum Gasteiger partial charge on any atom is 0.0512 e. The molecule has 0 aliphatic rings. The molecule has 0 aliphatic heterocycles. The minimum absolute atomic E-state index is 0.150. The maximum atomic E-state index is 9.28. The number of hydrogen-bond donors (Lipinski definition) is 1. The summed E-state index contributed by atoms with van der Waals surface area (Å²) in [5.74, 6) is 0.729. The Hall–Kier alpha value is -0.0800. The second-order valence-electron chi connectivity index (χ2n) is 5.35. The van der Waals surface area contributed by atoms with Crippen LogP contribution in [0.25, 0.3) is 0 Å². The van der Waals surface area contributed by atoms with Gasteiger partial charge < -0.3 is 10.0 Å². The van der Waals surface area contributed by atoms with E-state index in [0.29, 0.717) is 0 Å². The molecule has 0 aliphatic carbocycles. The van der Waals surface area contributed by atoms with Gasteiger partial charge in [-0.3, -0.25) is 0 Å². The Bertz CT molecular complexity index is 153. The molecule has 2 nitrogen and oxygen atoms in total. The van der Waals surface area contributed by atoms with E-state index in [1.165, 1.54) is 19.4 Å². The molecule has 1 unspecified atom stereocenters. The Balaban J connectivity index is 4.08. The van der Waals surface area contributed by atoms with Crippen LogP contribution in [0.2, 0.25) is 0 Å². The predicted octanol–water partition coefficient (Wildman–Crippen LogP) is 3.29. The fourth-order valence-corrected chi connectivity index (χ4v) is 2.29. The van der Waals surface area contributed by atoms with Crippen molar-refractivity contribution in [2.24, 2.45) is 5.92 Å². The normalized spacial score (nSPS) is 14.1. The quantitative estimate of drug-likeness (QED) is 0.656. The summed E-state index contributed by atoms with van der Waals surface area (Å²) in [5, 5.41) is 9.28. The first-order valence-corrected chi connectivity index (χ1v) is 6.93. The van der Waals surface area contributed by atoms with Crippen LogP contribution in [-0.4, -0.2) is 35.2 Å². The lowest BCUT2D eigenvalue weighted by molar-refractivity contribution is 0.140. The van der Waals surface area contributed by atoms with Crippen molar-refractivity contribution >= 4 is 0 Å². The van der Waals surface area contributed by atoms with Crippen molar-refractivity contribution in [3.8, 4) is 0 Å². The summed E-state index contributed by atoms with van der Waals surface area (Å²) in [4.78, 5) is 2.60. The Morgan fingerprint density at radius 1 is 1.06 bits per heavy atom. The molecule has 0 aromatic carbocycles. The van der Waals surface area contributed by atoms with Gasteiger partial charge >= 0.3 is 0 Å². The number of aliphatic hydroxyl groups excluding tert-OH is 1. The molecule has 0 fully saturated rings. The smallest absolute Gasteiger partial charge is 0.0512 e. The van der Waals surface area contributed by atoms with E-state index in [1.54, 1.807) is 0 Å². The zero-order valence-corrected chi connectivity index (χ0v) is 11.9. The third kappa shape index (κ3) is 7.24. The first kappa shape index (κ1) is 15.9. The first-order chi connectivity index (χ1) is 7.51. The molecule has 0 aromatic heterocycles. The predicted molar refractivity (Wildman–Crippen MR) is 71.7 cm³/mol. The van der Waals surface area contributed by atoms with Crippen LogP contribution in [-0.2, 0) is 0 Å². The van der Waals surface area contributed by atoms with Crippen LogP contribution in [0, 0.1) is 5.92 Å². The molecule has 2 heteroatoms. The molecular weight excluding hydrogens is 198 g/mol. The average molecular weight is 229 g/mol. The van der Waals surface area contributed by atoms with Gasteiger partial charge in [-0.15, -0.1) is 0 Å². The van der Waals surface area contributed by atoms with Gasteiger partial charge in [0.1, 0.15) is 0 Å². The number of rotatable bonds is 9. The minimum atomic E-state index is -0.150. The highest BCUT2D eigenvalue weighted by atomic mass is 16.3. The third-order valence-corrected chi connectivity index (χ3v) is 3.13. The zero-order chi connectivity index (χ0) is 12.6. The summed E-state index contributed by atoms with van der Waals surface area (Å²) < 4.78 is 0. The van der Waals surface area contributed by atoms with E-state index in [2.05, 4.69) is 32.6 Å². The minimum Gasteiger partial charge on any atom is -0.393 e. The van der Waals surface area contributed by atoms with Crippen LogP contribution in [0.5, 0.6) is 0 Å². The van der Waals surface area contributed by atoms with Crippen molar-refractivity contribution < 1.29 is 5.11 Å². The SMILES string of the molecule is CCC(CC)N(CCCC(C)O)CC(C)C. The molecule has 0 heterocycles. The van der Waals surface area contributed by atoms with Gasteiger partial charge in [0, 0.05) is 12.6 Å². The molecule has 1 atom stereocenters. The van der Waals surface area contributed by atoms with Gasteiger partial charge in [-0.05, 0) is 45.1 Å². The van der Waals surface area contributed by atoms with E-state index < -0.39 is 0 Å². The summed E-state index contributed by atoms with van der Waals surface area (Å²) >= 11 is 0. The van der Waals surface area contributed by atoms with Gasteiger partial charge in [0.15, 0.2) is 0 Å². The van der Waals surface area contributed by atoms with Crippen molar-refractivity contribution in [1.82, 2.24) is 4.90 Å². The molecule has 0 spiro atoms. The lowest BCUT2D eigenvalue weighted by atomic mass is 10.1. The molecule has 0 saturated carbocycles. The molecule has 0 amide bonds. The van der Waals surface area contributed by atoms with Gasteiger partial charge in [0.2, 0.25) is 0 Å². The number of aliphatic hydroxyl groups is 1. The van der Waals surface area contributed by atoms with Crippen LogP contribution in [0.4, 0.5) is 0 Å². The van der Waals surface area contributed by atoms with Crippen LogP contribution in [0.1, 0.15) is 60.3 Å². The summed E-state index contributed by atoms with van der Waals surface area (Å²) in [6.07, 6.45) is 4.36. The van der Waals surface area contributed by atoms with Crippen LogP contribution >= 0.6 is 0 Å². The third-order valence-electron chi connectivity index (χ3n) is 3.13. The Morgan fingerprint density at radius 3 is 2.00 bits per heavy atom. The molecule has 16 heavy (non-hydrogen) atoms. The van der Waals surface area contributed by atoms with Crippen molar-refractivity contribution in [1.29, 1.82) is 0 Å². The molecule has 0 aromatic rings. The summed E-state index contributed by atoms with van der Waals surface area (Å²) in [7, 11) is 0. The van der Waals surface area contributed by atoms with Crippen molar-refractivity contribution in [3.63, 3.8) is 0 Å². The van der Waals surface area contributed by atoms with E-state index in [4.69, 9.17) is 0 Å². The van der Waals surface area contributed by atoms with E-state index >= 15 is 0 Å². The van der Waals surface area contributed by atoms with Gasteiger partial charge in [0.05, 0.1) is 6.10 Å². The molecule has 0 saturated heterocycles. The standard InChI is InChI=1S/C14H31NO/c1-6-14(7-2)15(11-12(3)4)10-8-9-13(5)16/h12-14,16H,6-11H2,1-5H3. The van der Waals surface area contributed by atoms with Crippen molar-refractivity contribution in [2.45, 2.75) is 72.4 Å². The average Bonchev–Trinajstić information content (AvgIpc) is 2.17. The van der Waals surface area contributed by atoms with E-state index in [1.807, 2.05) is 6.92 Å². The Morgan fingerprint density at radius 2 is 1.62 bits per heavy atom. The lowest BCUT2D eigenvalue weighted by Gasteiger charge is -2.32. The highest BCUT2D eigenvalue weighted by molar-refractivity contribution is 4.70. The highest BCUT2D eigenvalue weighted by Crippen LogP contribution is 2.13. The van der Waals surface area contributed by atoms with E-state index in [0.717, 1.165) is 31.3 Å². The highest BCUT2D eigenvalue weighted by Gasteiger charge is 2.15. The molecule has 0 bridgehead atoms. The van der Waals surface area contributed by atoms with Gasteiger partial charge in [0.25, 0.3) is 0 Å². The zero-order valence-electron chi connectivity index (χ0n) is 11.9. The van der Waals surface area contributed by atoms with Crippen LogP contribution in [0.3, 0.4) is 0 Å². The second kappa shape index (κ2) is 9.00. The first-order valence-electron chi connectivity index (χ1n) is 6.93. The summed E-state index contributed by atoms with van der Waals surface area (Å²) in [6.45, 7) is 13.3. The fraction of sp³-hybridized carbons (Fsp3) is 1.00.